The number of amides is 1. The summed E-state index contributed by atoms with van der Waals surface area (Å²) in [4.78, 5) is 20.6. The normalized spacial score (nSPS) is 10.1. The van der Waals surface area contributed by atoms with Crippen molar-refractivity contribution in [3.8, 4) is 6.07 Å². The number of hydrogen-bond donors (Lipinski definition) is 2. The number of aryl methyl sites for hydroxylation is 1. The van der Waals surface area contributed by atoms with E-state index in [4.69, 9.17) is 5.26 Å². The Morgan fingerprint density at radius 2 is 1.78 bits per heavy atom. The van der Waals surface area contributed by atoms with Crippen LogP contribution in [0.25, 0.3) is 0 Å². The summed E-state index contributed by atoms with van der Waals surface area (Å²) in [5.41, 5.74) is 0.672. The van der Waals surface area contributed by atoms with Crippen LogP contribution in [0.1, 0.15) is 21.7 Å². The molecule has 1 aromatic heterocycles. The van der Waals surface area contributed by atoms with Crippen LogP contribution in [0, 0.1) is 29.9 Å². The molecule has 0 atom stereocenters. The number of nitrogens with zero attached hydrogens (tertiary/aromatic N) is 3. The summed E-state index contributed by atoms with van der Waals surface area (Å²) in [5.74, 6) is -2.50. The van der Waals surface area contributed by atoms with Crippen LogP contribution in [-0.2, 0) is 0 Å². The third-order valence-corrected chi connectivity index (χ3v) is 3.58. The SMILES string of the molecule is Cc1cc(C(=O)Nc2c(F)cccc2F)nc(Nc2ccccc2C#N)n1. The Bertz CT molecular complexity index is 1040. The maximum atomic E-state index is 13.7. The Hall–Kier alpha value is -3.86. The minimum absolute atomic E-state index is 0.0804. The van der Waals surface area contributed by atoms with Crippen molar-refractivity contribution >= 4 is 23.2 Å². The Labute approximate surface area is 153 Å². The summed E-state index contributed by atoms with van der Waals surface area (Å²) >= 11 is 0. The van der Waals surface area contributed by atoms with Crippen molar-refractivity contribution in [1.29, 1.82) is 5.26 Å². The molecule has 0 radical (unpaired) electrons. The number of carbonyl (C=O) groups is 1. The number of anilines is 3. The monoisotopic (exact) mass is 365 g/mol. The second-order valence-electron chi connectivity index (χ2n) is 5.55. The molecule has 2 N–H and O–H groups in total. The highest BCUT2D eigenvalue weighted by Crippen LogP contribution is 2.20. The first kappa shape index (κ1) is 17.9. The molecule has 0 saturated carbocycles. The van der Waals surface area contributed by atoms with Gasteiger partial charge >= 0.3 is 0 Å². The van der Waals surface area contributed by atoms with Crippen molar-refractivity contribution in [3.63, 3.8) is 0 Å². The van der Waals surface area contributed by atoms with E-state index in [0.29, 0.717) is 16.9 Å². The number of carbonyl (C=O) groups excluding carboxylic acids is 1. The summed E-state index contributed by atoms with van der Waals surface area (Å²) in [6.07, 6.45) is 0. The predicted octanol–water partition coefficient (Wildman–Crippen LogP) is 3.93. The van der Waals surface area contributed by atoms with E-state index in [1.807, 2.05) is 6.07 Å². The van der Waals surface area contributed by atoms with Crippen LogP contribution in [-0.4, -0.2) is 15.9 Å². The maximum Gasteiger partial charge on any atom is 0.274 e. The number of nitriles is 1. The molecule has 0 bridgehead atoms. The molecule has 27 heavy (non-hydrogen) atoms. The molecule has 0 aliphatic heterocycles. The van der Waals surface area contributed by atoms with Gasteiger partial charge in [0.2, 0.25) is 5.95 Å². The first-order valence-corrected chi connectivity index (χ1v) is 7.85. The highest BCUT2D eigenvalue weighted by Gasteiger charge is 2.16. The molecule has 0 aliphatic rings. The zero-order chi connectivity index (χ0) is 19.4. The van der Waals surface area contributed by atoms with Gasteiger partial charge in [-0.25, -0.2) is 18.7 Å². The number of halogens is 2. The van der Waals surface area contributed by atoms with Crippen LogP contribution in [0.3, 0.4) is 0 Å². The minimum atomic E-state index is -0.893. The first-order valence-electron chi connectivity index (χ1n) is 7.85. The Balaban J connectivity index is 1.89. The molecule has 0 aliphatic carbocycles. The molecule has 0 unspecified atom stereocenters. The van der Waals surface area contributed by atoms with E-state index < -0.39 is 23.2 Å². The molecule has 1 heterocycles. The Kier molecular flexibility index (Phi) is 5.04. The van der Waals surface area contributed by atoms with Crippen molar-refractivity contribution in [2.24, 2.45) is 0 Å². The molecule has 0 saturated heterocycles. The number of hydrogen-bond acceptors (Lipinski definition) is 5. The van der Waals surface area contributed by atoms with Gasteiger partial charge < -0.3 is 10.6 Å². The van der Waals surface area contributed by atoms with Crippen LogP contribution in [0.4, 0.5) is 26.1 Å². The van der Waals surface area contributed by atoms with Gasteiger partial charge in [-0.3, -0.25) is 4.79 Å². The van der Waals surface area contributed by atoms with Gasteiger partial charge in [0.05, 0.1) is 11.3 Å². The molecule has 2 aromatic carbocycles. The third-order valence-electron chi connectivity index (χ3n) is 3.58. The molecule has 6 nitrogen and oxygen atoms in total. The lowest BCUT2D eigenvalue weighted by Gasteiger charge is -2.10. The molecule has 0 spiro atoms. The number of rotatable bonds is 4. The second kappa shape index (κ2) is 7.58. The van der Waals surface area contributed by atoms with Crippen LogP contribution < -0.4 is 10.6 Å². The second-order valence-corrected chi connectivity index (χ2v) is 5.55. The van der Waals surface area contributed by atoms with Gasteiger partial charge in [-0.05, 0) is 37.3 Å². The van der Waals surface area contributed by atoms with E-state index in [1.165, 1.54) is 12.1 Å². The standard InChI is InChI=1S/C19H13F2N5O/c1-11-9-16(18(27)26-17-13(20)6-4-7-14(17)21)25-19(23-11)24-15-8-3-2-5-12(15)10-22/h2-9H,1H3,(H,26,27)(H,23,24,25). The van der Waals surface area contributed by atoms with Gasteiger partial charge in [0, 0.05) is 5.69 Å². The van der Waals surface area contributed by atoms with E-state index in [2.05, 4.69) is 20.6 Å². The van der Waals surface area contributed by atoms with Gasteiger partial charge in [-0.2, -0.15) is 5.26 Å². The molecule has 8 heteroatoms. The Morgan fingerprint density at radius 1 is 1.07 bits per heavy atom. The largest absolute Gasteiger partial charge is 0.323 e. The van der Waals surface area contributed by atoms with Crippen molar-refractivity contribution < 1.29 is 13.6 Å². The van der Waals surface area contributed by atoms with Crippen molar-refractivity contribution in [3.05, 3.63) is 77.1 Å². The summed E-state index contributed by atoms with van der Waals surface area (Å²) in [6.45, 7) is 1.64. The fraction of sp³-hybridized carbons (Fsp3) is 0.0526. The van der Waals surface area contributed by atoms with Gasteiger partial charge in [-0.15, -0.1) is 0 Å². The Morgan fingerprint density at radius 3 is 2.48 bits per heavy atom. The number of aromatic nitrogens is 2. The van der Waals surface area contributed by atoms with Gasteiger partial charge in [0.15, 0.2) is 0 Å². The highest BCUT2D eigenvalue weighted by molar-refractivity contribution is 6.03. The topological polar surface area (TPSA) is 90.7 Å². The summed E-state index contributed by atoms with van der Waals surface area (Å²) in [7, 11) is 0. The van der Waals surface area contributed by atoms with Crippen LogP contribution in [0.15, 0.2) is 48.5 Å². The van der Waals surface area contributed by atoms with E-state index in [9.17, 15) is 13.6 Å². The summed E-state index contributed by atoms with van der Waals surface area (Å²) in [6, 6.07) is 13.4. The molecule has 134 valence electrons. The molecular formula is C19H13F2N5O. The molecular weight excluding hydrogens is 352 g/mol. The zero-order valence-corrected chi connectivity index (χ0v) is 14.1. The lowest BCUT2D eigenvalue weighted by atomic mass is 10.2. The smallest absolute Gasteiger partial charge is 0.274 e. The maximum absolute atomic E-state index is 13.7. The molecule has 1 amide bonds. The number of benzene rings is 2. The lowest BCUT2D eigenvalue weighted by Crippen LogP contribution is -2.17. The van der Waals surface area contributed by atoms with Crippen molar-refractivity contribution in [2.75, 3.05) is 10.6 Å². The highest BCUT2D eigenvalue weighted by atomic mass is 19.1. The average Bonchev–Trinajstić information content (AvgIpc) is 2.64. The van der Waals surface area contributed by atoms with Gasteiger partial charge in [0.1, 0.15) is 29.1 Å². The quantitative estimate of drug-likeness (QED) is 0.731. The van der Waals surface area contributed by atoms with E-state index in [1.54, 1.807) is 31.2 Å². The molecule has 3 aromatic rings. The molecule has 0 fully saturated rings. The number of nitrogens with one attached hydrogen (secondary N) is 2. The predicted molar refractivity (Wildman–Crippen MR) is 95.5 cm³/mol. The van der Waals surface area contributed by atoms with Crippen LogP contribution in [0.5, 0.6) is 0 Å². The van der Waals surface area contributed by atoms with Gasteiger partial charge in [0.25, 0.3) is 5.91 Å². The first-order chi connectivity index (χ1) is 13.0. The zero-order valence-electron chi connectivity index (χ0n) is 14.1. The van der Waals surface area contributed by atoms with E-state index in [0.717, 1.165) is 12.1 Å². The number of para-hydroxylation sites is 2. The summed E-state index contributed by atoms with van der Waals surface area (Å²) in [5, 5.41) is 14.2. The lowest BCUT2D eigenvalue weighted by molar-refractivity contribution is 0.102. The third kappa shape index (κ3) is 4.04. The molecule has 3 rings (SSSR count). The van der Waals surface area contributed by atoms with Crippen LogP contribution in [0.2, 0.25) is 0 Å². The van der Waals surface area contributed by atoms with E-state index in [-0.39, 0.29) is 11.6 Å². The van der Waals surface area contributed by atoms with Gasteiger partial charge in [-0.1, -0.05) is 18.2 Å². The summed E-state index contributed by atoms with van der Waals surface area (Å²) < 4.78 is 27.5. The minimum Gasteiger partial charge on any atom is -0.323 e. The fourth-order valence-corrected chi connectivity index (χ4v) is 2.35. The van der Waals surface area contributed by atoms with Crippen molar-refractivity contribution in [2.45, 2.75) is 6.92 Å². The average molecular weight is 365 g/mol. The fourth-order valence-electron chi connectivity index (χ4n) is 2.35. The van der Waals surface area contributed by atoms with Crippen LogP contribution >= 0.6 is 0 Å². The van der Waals surface area contributed by atoms with E-state index >= 15 is 0 Å². The van der Waals surface area contributed by atoms with Crippen molar-refractivity contribution in [1.82, 2.24) is 9.97 Å².